The molecule has 2 atom stereocenters. The summed E-state index contributed by atoms with van der Waals surface area (Å²) in [5.74, 6) is -1.06. The van der Waals surface area contributed by atoms with E-state index in [4.69, 9.17) is 0 Å². The second-order valence-electron chi connectivity index (χ2n) is 8.45. The standard InChI is InChI=1S/C27H23FN2O2S/c1-16-24(27(32)30-21-9-5-8-20(28)14-21)25(18-10-11-33-15-18)26-22(29-16)12-19(13-23(26)31)17-6-3-2-4-7-17/h2-11,14-15,19,25,29H,12-13H2,1H3,(H,30,32). The molecule has 0 saturated heterocycles. The zero-order valence-corrected chi connectivity index (χ0v) is 18.9. The van der Waals surface area contributed by atoms with Gasteiger partial charge in [-0.3, -0.25) is 9.59 Å². The van der Waals surface area contributed by atoms with Gasteiger partial charge in [-0.15, -0.1) is 0 Å². The fourth-order valence-corrected chi connectivity index (χ4v) is 5.52. The Morgan fingerprint density at radius 1 is 1.06 bits per heavy atom. The largest absolute Gasteiger partial charge is 0.362 e. The highest BCUT2D eigenvalue weighted by Crippen LogP contribution is 2.46. The summed E-state index contributed by atoms with van der Waals surface area (Å²) in [7, 11) is 0. The van der Waals surface area contributed by atoms with E-state index in [2.05, 4.69) is 22.8 Å². The molecule has 2 aliphatic rings. The van der Waals surface area contributed by atoms with Crippen LogP contribution in [0.4, 0.5) is 10.1 Å². The van der Waals surface area contributed by atoms with Crippen molar-refractivity contribution in [2.75, 3.05) is 5.32 Å². The van der Waals surface area contributed by atoms with E-state index in [-0.39, 0.29) is 17.6 Å². The van der Waals surface area contributed by atoms with Crippen molar-refractivity contribution >= 4 is 28.7 Å². The molecule has 2 N–H and O–H groups in total. The highest BCUT2D eigenvalue weighted by atomic mass is 32.1. The molecule has 2 aromatic carbocycles. The van der Waals surface area contributed by atoms with Crippen molar-refractivity contribution in [3.8, 4) is 0 Å². The first-order valence-corrected chi connectivity index (χ1v) is 11.8. The lowest BCUT2D eigenvalue weighted by molar-refractivity contribution is -0.116. The summed E-state index contributed by atoms with van der Waals surface area (Å²) in [5.41, 5.74) is 5.19. The third-order valence-corrected chi connectivity index (χ3v) is 7.00. The summed E-state index contributed by atoms with van der Waals surface area (Å²) < 4.78 is 13.7. The maximum atomic E-state index is 13.7. The Labute approximate surface area is 195 Å². The summed E-state index contributed by atoms with van der Waals surface area (Å²) in [4.78, 5) is 26.9. The van der Waals surface area contributed by atoms with E-state index < -0.39 is 11.7 Å². The topological polar surface area (TPSA) is 58.2 Å². The molecule has 1 aliphatic heterocycles. The van der Waals surface area contributed by atoms with Crippen molar-refractivity contribution in [1.29, 1.82) is 0 Å². The number of carbonyl (C=O) groups is 2. The van der Waals surface area contributed by atoms with Gasteiger partial charge < -0.3 is 10.6 Å². The van der Waals surface area contributed by atoms with Crippen molar-refractivity contribution < 1.29 is 14.0 Å². The van der Waals surface area contributed by atoms with Crippen LogP contribution in [0.2, 0.25) is 0 Å². The second-order valence-corrected chi connectivity index (χ2v) is 9.23. The lowest BCUT2D eigenvalue weighted by Gasteiger charge is -2.36. The Balaban J connectivity index is 1.53. The Hall–Kier alpha value is -3.51. The zero-order valence-electron chi connectivity index (χ0n) is 18.1. The van der Waals surface area contributed by atoms with E-state index in [1.54, 1.807) is 12.1 Å². The molecule has 1 aromatic heterocycles. The molecule has 2 heterocycles. The first-order valence-electron chi connectivity index (χ1n) is 10.9. The molecule has 6 heteroatoms. The lowest BCUT2D eigenvalue weighted by atomic mass is 9.72. The Morgan fingerprint density at radius 3 is 2.61 bits per heavy atom. The molecule has 2 unspecified atom stereocenters. The maximum Gasteiger partial charge on any atom is 0.254 e. The fourth-order valence-electron chi connectivity index (χ4n) is 4.84. The van der Waals surface area contributed by atoms with E-state index in [0.717, 1.165) is 16.8 Å². The number of amides is 1. The molecule has 0 bridgehead atoms. The molecule has 5 rings (SSSR count). The van der Waals surface area contributed by atoms with Gasteiger partial charge >= 0.3 is 0 Å². The number of benzene rings is 2. The molecule has 0 saturated carbocycles. The first kappa shape index (κ1) is 21.3. The molecule has 0 fully saturated rings. The van der Waals surface area contributed by atoms with Crippen molar-refractivity contribution in [2.45, 2.75) is 31.6 Å². The molecule has 3 aromatic rings. The van der Waals surface area contributed by atoms with E-state index in [0.29, 0.717) is 35.4 Å². The minimum absolute atomic E-state index is 0.0531. The molecular formula is C27H23FN2O2S. The third kappa shape index (κ3) is 4.14. The van der Waals surface area contributed by atoms with Gasteiger partial charge in [-0.05, 0) is 65.4 Å². The minimum Gasteiger partial charge on any atom is -0.362 e. The molecule has 1 amide bonds. The van der Waals surface area contributed by atoms with Crippen LogP contribution < -0.4 is 10.6 Å². The summed E-state index contributed by atoms with van der Waals surface area (Å²) in [5, 5.41) is 10.1. The molecule has 166 valence electrons. The first-order chi connectivity index (χ1) is 16.0. The van der Waals surface area contributed by atoms with Crippen molar-refractivity contribution in [3.63, 3.8) is 0 Å². The molecule has 0 spiro atoms. The number of Topliss-reactive ketones (excluding diaryl/α,β-unsaturated/α-hetero) is 1. The van der Waals surface area contributed by atoms with Gasteiger partial charge in [0, 0.05) is 40.6 Å². The van der Waals surface area contributed by atoms with Crippen molar-refractivity contribution in [1.82, 2.24) is 5.32 Å². The van der Waals surface area contributed by atoms with Crippen LogP contribution in [0.3, 0.4) is 0 Å². The number of hydrogen-bond donors (Lipinski definition) is 2. The van der Waals surface area contributed by atoms with Crippen molar-refractivity contribution in [3.05, 3.63) is 111 Å². The number of halogens is 1. The van der Waals surface area contributed by atoms with E-state index >= 15 is 0 Å². The van der Waals surface area contributed by atoms with Crippen LogP contribution in [0.1, 0.15) is 42.7 Å². The highest BCUT2D eigenvalue weighted by Gasteiger charge is 2.41. The van der Waals surface area contributed by atoms with Gasteiger partial charge in [-0.1, -0.05) is 36.4 Å². The fraction of sp³-hybridized carbons (Fsp3) is 0.185. The number of nitrogens with one attached hydrogen (secondary N) is 2. The molecule has 4 nitrogen and oxygen atoms in total. The summed E-state index contributed by atoms with van der Waals surface area (Å²) in [6.07, 6.45) is 1.12. The average molecular weight is 459 g/mol. The van der Waals surface area contributed by atoms with Crippen LogP contribution in [0.5, 0.6) is 0 Å². The van der Waals surface area contributed by atoms with Gasteiger partial charge in [0.05, 0.1) is 0 Å². The van der Waals surface area contributed by atoms with Gasteiger partial charge in [0.15, 0.2) is 5.78 Å². The Bertz CT molecular complexity index is 1280. The summed E-state index contributed by atoms with van der Waals surface area (Å²) >= 11 is 1.53. The number of carbonyl (C=O) groups excluding carboxylic acids is 2. The number of hydrogen-bond acceptors (Lipinski definition) is 4. The number of allylic oxidation sites excluding steroid dienone is 3. The van der Waals surface area contributed by atoms with Crippen LogP contribution in [-0.4, -0.2) is 11.7 Å². The van der Waals surface area contributed by atoms with Gasteiger partial charge in [0.25, 0.3) is 5.91 Å². The van der Waals surface area contributed by atoms with Crippen LogP contribution in [-0.2, 0) is 9.59 Å². The smallest absolute Gasteiger partial charge is 0.254 e. The quantitative estimate of drug-likeness (QED) is 0.513. The Kier molecular flexibility index (Phi) is 5.68. The second kappa shape index (κ2) is 8.79. The summed E-state index contributed by atoms with van der Waals surface area (Å²) in [6.45, 7) is 1.86. The minimum atomic E-state index is -0.453. The van der Waals surface area contributed by atoms with Gasteiger partial charge in [-0.2, -0.15) is 11.3 Å². The van der Waals surface area contributed by atoms with Crippen molar-refractivity contribution in [2.24, 2.45) is 0 Å². The molecule has 0 radical (unpaired) electrons. The van der Waals surface area contributed by atoms with E-state index in [1.807, 2.05) is 41.9 Å². The van der Waals surface area contributed by atoms with Crippen LogP contribution in [0, 0.1) is 5.82 Å². The van der Waals surface area contributed by atoms with Crippen LogP contribution in [0.25, 0.3) is 0 Å². The summed E-state index contributed by atoms with van der Waals surface area (Å²) in [6, 6.07) is 17.8. The highest BCUT2D eigenvalue weighted by molar-refractivity contribution is 7.08. The maximum absolute atomic E-state index is 13.7. The molecule has 1 aliphatic carbocycles. The number of thiophene rings is 1. The normalized spacial score (nSPS) is 20.4. The number of dihydropyridines is 1. The van der Waals surface area contributed by atoms with E-state index in [9.17, 15) is 14.0 Å². The average Bonchev–Trinajstić information content (AvgIpc) is 3.33. The van der Waals surface area contributed by atoms with Crippen LogP contribution in [0.15, 0.2) is 94.0 Å². The number of rotatable bonds is 4. The number of ketones is 1. The van der Waals surface area contributed by atoms with Gasteiger partial charge in [-0.25, -0.2) is 4.39 Å². The monoisotopic (exact) mass is 458 g/mol. The molecular weight excluding hydrogens is 435 g/mol. The van der Waals surface area contributed by atoms with Gasteiger partial charge in [0.2, 0.25) is 0 Å². The number of anilines is 1. The SMILES string of the molecule is CC1=C(C(=O)Nc2cccc(F)c2)C(c2ccsc2)C2=C(CC(c3ccccc3)CC2=O)N1. The van der Waals surface area contributed by atoms with E-state index in [1.165, 1.54) is 23.5 Å². The van der Waals surface area contributed by atoms with Gasteiger partial charge in [0.1, 0.15) is 5.82 Å². The zero-order chi connectivity index (χ0) is 22.9. The third-order valence-electron chi connectivity index (χ3n) is 6.30. The lowest BCUT2D eigenvalue weighted by Crippen LogP contribution is -2.36. The predicted octanol–water partition coefficient (Wildman–Crippen LogP) is 5.89. The molecule has 33 heavy (non-hydrogen) atoms. The predicted molar refractivity (Wildman–Crippen MR) is 128 cm³/mol. The Morgan fingerprint density at radius 2 is 1.88 bits per heavy atom. The van der Waals surface area contributed by atoms with Crippen LogP contribution >= 0.6 is 11.3 Å².